The Hall–Kier alpha value is -0.730. The van der Waals surface area contributed by atoms with Gasteiger partial charge in [-0.3, -0.25) is 0 Å². The molecule has 0 spiro atoms. The van der Waals surface area contributed by atoms with Crippen LogP contribution in [0.25, 0.3) is 0 Å². The van der Waals surface area contributed by atoms with E-state index in [9.17, 15) is 0 Å². The molecule has 3 N–H and O–H groups in total. The second-order valence-corrected chi connectivity index (χ2v) is 4.30. The summed E-state index contributed by atoms with van der Waals surface area (Å²) in [5, 5.41) is 4.21. The van der Waals surface area contributed by atoms with E-state index in [1.54, 1.807) is 0 Å². The van der Waals surface area contributed by atoms with Gasteiger partial charge in [0.15, 0.2) is 0 Å². The van der Waals surface area contributed by atoms with Gasteiger partial charge in [-0.15, -0.1) is 0 Å². The topological polar surface area (TPSA) is 38.0 Å². The zero-order chi connectivity index (χ0) is 10.1. The summed E-state index contributed by atoms with van der Waals surface area (Å²) in [4.78, 5) is 0. The maximum Gasteiger partial charge on any atom is 0.0491 e. The molecule has 0 aromatic heterocycles. The summed E-state index contributed by atoms with van der Waals surface area (Å²) in [6.45, 7) is 3.00. The number of halogens is 1. The molecule has 0 amide bonds. The van der Waals surface area contributed by atoms with Crippen LogP contribution >= 0.6 is 11.6 Å². The van der Waals surface area contributed by atoms with Crippen LogP contribution in [-0.4, -0.2) is 12.6 Å². The fraction of sp³-hybridized carbons (Fsp3) is 0.455. The van der Waals surface area contributed by atoms with E-state index in [1.165, 1.54) is 16.8 Å². The largest absolute Gasteiger partial charge is 0.384 e. The Bertz CT molecular complexity index is 347. The van der Waals surface area contributed by atoms with Gasteiger partial charge in [0.05, 0.1) is 0 Å². The van der Waals surface area contributed by atoms with Crippen molar-refractivity contribution in [2.45, 2.75) is 25.8 Å². The van der Waals surface area contributed by atoms with Gasteiger partial charge < -0.3 is 11.1 Å². The van der Waals surface area contributed by atoms with Crippen LogP contribution in [0, 0.1) is 0 Å². The van der Waals surface area contributed by atoms with Crippen LogP contribution in [0.4, 0.5) is 5.69 Å². The number of hydrogen-bond donors (Lipinski definition) is 2. The quantitative estimate of drug-likeness (QED) is 0.786. The third-order valence-electron chi connectivity index (χ3n) is 2.56. The number of fused-ring (bicyclic) bond motifs is 1. The van der Waals surface area contributed by atoms with Crippen molar-refractivity contribution in [3.63, 3.8) is 0 Å². The SMILES string of the molecule is CC(N)Cc1ccc2c(c1Cl)CCN2. The van der Waals surface area contributed by atoms with Gasteiger partial charge in [-0.2, -0.15) is 0 Å². The predicted molar refractivity (Wildman–Crippen MR) is 61.0 cm³/mol. The van der Waals surface area contributed by atoms with Crippen LogP contribution in [0.2, 0.25) is 5.02 Å². The molecule has 0 fully saturated rings. The van der Waals surface area contributed by atoms with E-state index in [-0.39, 0.29) is 6.04 Å². The van der Waals surface area contributed by atoms with Gasteiger partial charge in [0.2, 0.25) is 0 Å². The Kier molecular flexibility index (Phi) is 2.66. The highest BCUT2D eigenvalue weighted by Gasteiger charge is 2.16. The molecule has 1 aliphatic heterocycles. The molecule has 2 nitrogen and oxygen atoms in total. The Morgan fingerprint density at radius 2 is 2.36 bits per heavy atom. The second-order valence-electron chi connectivity index (χ2n) is 3.92. The molecule has 0 radical (unpaired) electrons. The van der Waals surface area contributed by atoms with Gasteiger partial charge in [-0.25, -0.2) is 0 Å². The maximum absolute atomic E-state index is 6.30. The van der Waals surface area contributed by atoms with Crippen molar-refractivity contribution in [2.75, 3.05) is 11.9 Å². The zero-order valence-corrected chi connectivity index (χ0v) is 9.06. The maximum atomic E-state index is 6.30. The average Bonchev–Trinajstić information content (AvgIpc) is 2.57. The van der Waals surface area contributed by atoms with Crippen LogP contribution in [0.15, 0.2) is 12.1 Å². The Morgan fingerprint density at radius 3 is 3.07 bits per heavy atom. The van der Waals surface area contributed by atoms with E-state index < -0.39 is 0 Å². The minimum Gasteiger partial charge on any atom is -0.384 e. The summed E-state index contributed by atoms with van der Waals surface area (Å²) >= 11 is 6.30. The number of rotatable bonds is 2. The summed E-state index contributed by atoms with van der Waals surface area (Å²) in [7, 11) is 0. The normalized spacial score (nSPS) is 16.2. The first kappa shape index (κ1) is 9.81. The lowest BCUT2D eigenvalue weighted by molar-refractivity contribution is 0.738. The summed E-state index contributed by atoms with van der Waals surface area (Å²) in [5.74, 6) is 0. The molecule has 1 aliphatic rings. The number of benzene rings is 1. The first-order chi connectivity index (χ1) is 6.68. The van der Waals surface area contributed by atoms with Crippen molar-refractivity contribution in [1.29, 1.82) is 0 Å². The smallest absolute Gasteiger partial charge is 0.0491 e. The molecule has 1 heterocycles. The van der Waals surface area contributed by atoms with Gasteiger partial charge in [-0.05, 0) is 37.0 Å². The highest BCUT2D eigenvalue weighted by atomic mass is 35.5. The van der Waals surface area contributed by atoms with E-state index in [2.05, 4.69) is 17.4 Å². The first-order valence-corrected chi connectivity index (χ1v) is 5.36. The summed E-state index contributed by atoms with van der Waals surface area (Å²) < 4.78 is 0. The molecular formula is C11H15ClN2. The van der Waals surface area contributed by atoms with Crippen molar-refractivity contribution >= 4 is 17.3 Å². The van der Waals surface area contributed by atoms with Crippen LogP contribution in [-0.2, 0) is 12.8 Å². The number of nitrogens with one attached hydrogen (secondary N) is 1. The molecule has 3 heteroatoms. The monoisotopic (exact) mass is 210 g/mol. The lowest BCUT2D eigenvalue weighted by atomic mass is 10.0. The van der Waals surface area contributed by atoms with Crippen molar-refractivity contribution in [1.82, 2.24) is 0 Å². The number of nitrogens with two attached hydrogens (primary N) is 1. The Morgan fingerprint density at radius 1 is 1.57 bits per heavy atom. The molecular weight excluding hydrogens is 196 g/mol. The van der Waals surface area contributed by atoms with Crippen LogP contribution in [0.1, 0.15) is 18.1 Å². The fourth-order valence-corrected chi connectivity index (χ4v) is 2.24. The predicted octanol–water partition coefficient (Wildman–Crippen LogP) is 2.20. The molecule has 14 heavy (non-hydrogen) atoms. The molecule has 1 aromatic rings. The van der Waals surface area contributed by atoms with Gasteiger partial charge in [-0.1, -0.05) is 17.7 Å². The van der Waals surface area contributed by atoms with E-state index >= 15 is 0 Å². The summed E-state index contributed by atoms with van der Waals surface area (Å²) in [6, 6.07) is 4.34. The lowest BCUT2D eigenvalue weighted by Crippen LogP contribution is -2.18. The van der Waals surface area contributed by atoms with Crippen molar-refractivity contribution in [3.05, 3.63) is 28.3 Å². The average molecular weight is 211 g/mol. The molecule has 0 saturated carbocycles. The van der Waals surface area contributed by atoms with E-state index in [4.69, 9.17) is 17.3 Å². The standard InChI is InChI=1S/C11H15ClN2/c1-7(13)6-8-2-3-10-9(11(8)12)4-5-14-10/h2-3,7,14H,4-6,13H2,1H3. The van der Waals surface area contributed by atoms with Crippen LogP contribution in [0.3, 0.4) is 0 Å². The van der Waals surface area contributed by atoms with Crippen molar-refractivity contribution in [2.24, 2.45) is 5.73 Å². The minimum atomic E-state index is 0.167. The van der Waals surface area contributed by atoms with Crippen LogP contribution in [0.5, 0.6) is 0 Å². The minimum absolute atomic E-state index is 0.167. The Balaban J connectivity index is 2.35. The second kappa shape index (κ2) is 3.79. The zero-order valence-electron chi connectivity index (χ0n) is 8.31. The highest BCUT2D eigenvalue weighted by Crippen LogP contribution is 2.32. The van der Waals surface area contributed by atoms with E-state index in [1.807, 2.05) is 6.92 Å². The van der Waals surface area contributed by atoms with Gasteiger partial charge in [0.1, 0.15) is 0 Å². The van der Waals surface area contributed by atoms with Gasteiger partial charge in [0, 0.05) is 23.3 Å². The molecule has 0 bridgehead atoms. The Labute approximate surface area is 89.4 Å². The van der Waals surface area contributed by atoms with Gasteiger partial charge in [0.25, 0.3) is 0 Å². The molecule has 1 aromatic carbocycles. The number of hydrogen-bond acceptors (Lipinski definition) is 2. The summed E-state index contributed by atoms with van der Waals surface area (Å²) in [5.41, 5.74) is 9.37. The first-order valence-electron chi connectivity index (χ1n) is 4.98. The van der Waals surface area contributed by atoms with Crippen molar-refractivity contribution in [3.8, 4) is 0 Å². The third-order valence-corrected chi connectivity index (χ3v) is 3.03. The molecule has 76 valence electrons. The van der Waals surface area contributed by atoms with E-state index in [0.29, 0.717) is 0 Å². The molecule has 1 unspecified atom stereocenters. The van der Waals surface area contributed by atoms with E-state index in [0.717, 1.165) is 24.4 Å². The molecule has 2 rings (SSSR count). The fourth-order valence-electron chi connectivity index (χ4n) is 1.91. The highest BCUT2D eigenvalue weighted by molar-refractivity contribution is 6.32. The van der Waals surface area contributed by atoms with Gasteiger partial charge >= 0.3 is 0 Å². The van der Waals surface area contributed by atoms with Crippen LogP contribution < -0.4 is 11.1 Å². The molecule has 0 aliphatic carbocycles. The summed E-state index contributed by atoms with van der Waals surface area (Å²) in [6.07, 6.45) is 1.88. The molecule has 0 saturated heterocycles. The third kappa shape index (κ3) is 1.72. The number of anilines is 1. The molecule has 1 atom stereocenters. The van der Waals surface area contributed by atoms with Crippen molar-refractivity contribution < 1.29 is 0 Å². The lowest BCUT2D eigenvalue weighted by Gasteiger charge is -2.10.